The number of carboxylic acids is 2. The van der Waals surface area contributed by atoms with Gasteiger partial charge in [-0.25, -0.2) is 0 Å². The van der Waals surface area contributed by atoms with Crippen molar-refractivity contribution < 1.29 is 34.2 Å². The summed E-state index contributed by atoms with van der Waals surface area (Å²) in [4.78, 5) is 57.2. The summed E-state index contributed by atoms with van der Waals surface area (Å²) in [6, 6.07) is 6.91. The van der Waals surface area contributed by atoms with E-state index >= 15 is 0 Å². The van der Waals surface area contributed by atoms with Crippen molar-refractivity contribution in [1.29, 1.82) is 0 Å². The highest BCUT2D eigenvalue weighted by atomic mass is 16.4. The zero-order chi connectivity index (χ0) is 21.8. The normalized spacial score (nSPS) is 12.3. The molecule has 0 aliphatic heterocycles. The van der Waals surface area contributed by atoms with Gasteiger partial charge in [0.1, 0.15) is 12.6 Å². The van der Waals surface area contributed by atoms with Crippen LogP contribution >= 0.6 is 0 Å². The van der Waals surface area contributed by atoms with Crippen LogP contribution in [0.4, 0.5) is 0 Å². The maximum atomic E-state index is 12.0. The van der Waals surface area contributed by atoms with E-state index in [1.54, 1.807) is 12.1 Å². The maximum Gasteiger partial charge on any atom is 0.322 e. The van der Waals surface area contributed by atoms with Crippen molar-refractivity contribution in [3.8, 4) is 0 Å². The number of hydrogen-bond acceptors (Lipinski definition) is 6. The molecule has 2 atom stereocenters. The van der Waals surface area contributed by atoms with Crippen molar-refractivity contribution in [3.05, 3.63) is 35.9 Å². The molecule has 7 N–H and O–H groups in total. The first kappa shape index (κ1) is 23.6. The number of amides is 3. The molecule has 0 spiro atoms. The van der Waals surface area contributed by atoms with Crippen LogP contribution in [-0.2, 0) is 30.4 Å². The van der Waals surface area contributed by atoms with Crippen LogP contribution in [0.15, 0.2) is 30.3 Å². The third kappa shape index (κ3) is 9.86. The molecule has 11 heteroatoms. The molecule has 3 amide bonds. The SMILES string of the molecule is N[C@@H](Cc1ccccc1)C(=O)NCC(=O)N[C@@H](CCC(=O)O)C(=O)NCC(=O)O. The van der Waals surface area contributed by atoms with Gasteiger partial charge in [0.05, 0.1) is 12.6 Å². The predicted molar refractivity (Wildman–Crippen MR) is 101 cm³/mol. The van der Waals surface area contributed by atoms with E-state index in [0.29, 0.717) is 0 Å². The van der Waals surface area contributed by atoms with Crippen LogP contribution in [0.25, 0.3) is 0 Å². The first-order valence-electron chi connectivity index (χ1n) is 8.77. The minimum absolute atomic E-state index is 0.242. The van der Waals surface area contributed by atoms with Gasteiger partial charge in [0.25, 0.3) is 0 Å². The smallest absolute Gasteiger partial charge is 0.322 e. The third-order valence-corrected chi connectivity index (χ3v) is 3.77. The van der Waals surface area contributed by atoms with Gasteiger partial charge in [-0.2, -0.15) is 0 Å². The highest BCUT2D eigenvalue weighted by molar-refractivity contribution is 5.92. The van der Waals surface area contributed by atoms with E-state index in [9.17, 15) is 24.0 Å². The summed E-state index contributed by atoms with van der Waals surface area (Å²) in [7, 11) is 0. The van der Waals surface area contributed by atoms with Crippen LogP contribution in [0.5, 0.6) is 0 Å². The topological polar surface area (TPSA) is 188 Å². The van der Waals surface area contributed by atoms with Gasteiger partial charge < -0.3 is 31.9 Å². The molecule has 29 heavy (non-hydrogen) atoms. The lowest BCUT2D eigenvalue weighted by Gasteiger charge is -2.18. The Kier molecular flexibility index (Phi) is 9.82. The molecule has 0 fully saturated rings. The Morgan fingerprint density at radius 1 is 0.897 bits per heavy atom. The zero-order valence-electron chi connectivity index (χ0n) is 15.6. The lowest BCUT2D eigenvalue weighted by molar-refractivity contribution is -0.140. The molecule has 0 aliphatic carbocycles. The summed E-state index contributed by atoms with van der Waals surface area (Å²) >= 11 is 0. The second-order valence-electron chi connectivity index (χ2n) is 6.18. The lowest BCUT2D eigenvalue weighted by Crippen LogP contribution is -2.51. The number of aliphatic carboxylic acids is 2. The first-order chi connectivity index (χ1) is 13.7. The maximum absolute atomic E-state index is 12.0. The lowest BCUT2D eigenvalue weighted by atomic mass is 10.1. The fourth-order valence-corrected chi connectivity index (χ4v) is 2.33. The van der Waals surface area contributed by atoms with Crippen molar-refractivity contribution in [3.63, 3.8) is 0 Å². The van der Waals surface area contributed by atoms with Crippen LogP contribution < -0.4 is 21.7 Å². The molecule has 0 bridgehead atoms. The molecule has 158 valence electrons. The number of carbonyl (C=O) groups is 5. The first-order valence-corrected chi connectivity index (χ1v) is 8.77. The molecule has 0 radical (unpaired) electrons. The van der Waals surface area contributed by atoms with E-state index in [2.05, 4.69) is 16.0 Å². The Labute approximate surface area is 166 Å². The largest absolute Gasteiger partial charge is 0.481 e. The summed E-state index contributed by atoms with van der Waals surface area (Å²) in [6.07, 6.45) is -0.388. The van der Waals surface area contributed by atoms with Crippen molar-refractivity contribution in [1.82, 2.24) is 16.0 Å². The van der Waals surface area contributed by atoms with Crippen molar-refractivity contribution in [2.45, 2.75) is 31.3 Å². The Morgan fingerprint density at radius 2 is 1.52 bits per heavy atom. The van der Waals surface area contributed by atoms with Gasteiger partial charge in [-0.1, -0.05) is 30.3 Å². The second-order valence-corrected chi connectivity index (χ2v) is 6.18. The molecule has 0 aliphatic rings. The van der Waals surface area contributed by atoms with Gasteiger partial charge in [0, 0.05) is 6.42 Å². The summed E-state index contributed by atoms with van der Waals surface area (Å²) in [6.45, 7) is -1.15. The number of nitrogens with one attached hydrogen (secondary N) is 3. The summed E-state index contributed by atoms with van der Waals surface area (Å²) in [5.74, 6) is -4.63. The molecule has 0 saturated heterocycles. The number of benzene rings is 1. The molecule has 0 unspecified atom stereocenters. The van der Waals surface area contributed by atoms with Crippen LogP contribution in [0.1, 0.15) is 18.4 Å². The van der Waals surface area contributed by atoms with E-state index < -0.39 is 61.3 Å². The van der Waals surface area contributed by atoms with Gasteiger partial charge >= 0.3 is 11.9 Å². The molecular formula is C18H24N4O7. The van der Waals surface area contributed by atoms with E-state index in [1.165, 1.54) is 0 Å². The van der Waals surface area contributed by atoms with Gasteiger partial charge in [-0.05, 0) is 18.4 Å². The molecular weight excluding hydrogens is 384 g/mol. The second kappa shape index (κ2) is 12.1. The highest BCUT2D eigenvalue weighted by Crippen LogP contribution is 2.02. The van der Waals surface area contributed by atoms with E-state index in [-0.39, 0.29) is 12.8 Å². The predicted octanol–water partition coefficient (Wildman–Crippen LogP) is -1.78. The van der Waals surface area contributed by atoms with Crippen molar-refractivity contribution >= 4 is 29.7 Å². The molecule has 1 rings (SSSR count). The van der Waals surface area contributed by atoms with Gasteiger partial charge in [-0.15, -0.1) is 0 Å². The van der Waals surface area contributed by atoms with Crippen LogP contribution in [-0.4, -0.2) is 65.0 Å². The summed E-state index contributed by atoms with van der Waals surface area (Å²) < 4.78 is 0. The van der Waals surface area contributed by atoms with Crippen molar-refractivity contribution in [2.24, 2.45) is 5.73 Å². The molecule has 0 aromatic heterocycles. The molecule has 0 heterocycles. The fourth-order valence-electron chi connectivity index (χ4n) is 2.33. The minimum Gasteiger partial charge on any atom is -0.481 e. The van der Waals surface area contributed by atoms with Gasteiger partial charge in [0.2, 0.25) is 17.7 Å². The third-order valence-electron chi connectivity index (χ3n) is 3.77. The number of hydrogen-bond donors (Lipinski definition) is 6. The number of rotatable bonds is 12. The highest BCUT2D eigenvalue weighted by Gasteiger charge is 2.23. The Balaban J connectivity index is 2.53. The Morgan fingerprint density at radius 3 is 2.10 bits per heavy atom. The standard InChI is InChI=1S/C18H24N4O7/c19-12(8-11-4-2-1-3-5-11)17(28)20-9-14(23)22-13(6-7-15(24)25)18(29)21-10-16(26)27/h1-5,12-13H,6-10,19H2,(H,20,28)(H,21,29)(H,22,23)(H,24,25)(H,26,27)/t12-,13-/m0/s1. The quantitative estimate of drug-likeness (QED) is 0.234. The summed E-state index contributed by atoms with van der Waals surface area (Å²) in [5.41, 5.74) is 6.66. The number of nitrogens with two attached hydrogens (primary N) is 1. The average molecular weight is 408 g/mol. The van der Waals surface area contributed by atoms with E-state index in [4.69, 9.17) is 15.9 Å². The number of carboxylic acid groups (broad SMARTS) is 2. The van der Waals surface area contributed by atoms with E-state index in [0.717, 1.165) is 5.56 Å². The molecule has 0 saturated carbocycles. The Bertz CT molecular complexity index is 739. The van der Waals surface area contributed by atoms with E-state index in [1.807, 2.05) is 18.2 Å². The fraction of sp³-hybridized carbons (Fsp3) is 0.389. The molecule has 1 aromatic carbocycles. The molecule has 1 aromatic rings. The van der Waals surface area contributed by atoms with Crippen LogP contribution in [0.2, 0.25) is 0 Å². The van der Waals surface area contributed by atoms with Gasteiger partial charge in [0.15, 0.2) is 0 Å². The van der Waals surface area contributed by atoms with Gasteiger partial charge in [-0.3, -0.25) is 24.0 Å². The monoisotopic (exact) mass is 408 g/mol. The van der Waals surface area contributed by atoms with Crippen molar-refractivity contribution in [2.75, 3.05) is 13.1 Å². The minimum atomic E-state index is -1.29. The molecule has 11 nitrogen and oxygen atoms in total. The Hall–Kier alpha value is -3.47. The van der Waals surface area contributed by atoms with Crippen LogP contribution in [0, 0.1) is 0 Å². The zero-order valence-corrected chi connectivity index (χ0v) is 15.6. The van der Waals surface area contributed by atoms with Crippen LogP contribution in [0.3, 0.4) is 0 Å². The number of carbonyl (C=O) groups excluding carboxylic acids is 3. The summed E-state index contributed by atoms with van der Waals surface area (Å²) in [5, 5.41) is 24.0. The average Bonchev–Trinajstić information content (AvgIpc) is 2.67.